The number of halogens is 6. The summed E-state index contributed by atoms with van der Waals surface area (Å²) in [5.74, 6) is -5.40. The second kappa shape index (κ2) is 3.72. The fraction of sp³-hybridized carbons (Fsp3) is 0.500. The highest BCUT2D eigenvalue weighted by atomic mass is 19.4. The molecule has 0 bridgehead atoms. The first-order chi connectivity index (χ1) is 6.05. The van der Waals surface area contributed by atoms with Crippen molar-refractivity contribution in [2.24, 2.45) is 0 Å². The maximum atomic E-state index is 11.4. The molecule has 14 heavy (non-hydrogen) atoms. The van der Waals surface area contributed by atoms with Crippen LogP contribution >= 0.6 is 0 Å². The molecule has 0 aliphatic rings. The number of carbonyl (C=O) groups is 2. The lowest BCUT2D eigenvalue weighted by molar-refractivity contribution is -0.182. The predicted octanol–water partition coefficient (Wildman–Crippen LogP) is 0.258. The summed E-state index contributed by atoms with van der Waals surface area (Å²) in [6.45, 7) is 0. The van der Waals surface area contributed by atoms with E-state index in [0.29, 0.717) is 10.9 Å². The van der Waals surface area contributed by atoms with Crippen molar-refractivity contribution in [2.45, 2.75) is 12.4 Å². The van der Waals surface area contributed by atoms with Crippen LogP contribution in [0.25, 0.3) is 0 Å². The van der Waals surface area contributed by atoms with Crippen molar-refractivity contribution >= 4 is 11.8 Å². The van der Waals surface area contributed by atoms with E-state index in [0.717, 1.165) is 0 Å². The standard InChI is InChI=1S/C4H2F6N2O2/c5-3(6,7)1(13)11-12-2(14)4(8,9)10/h(H,11,13)(H,12,14). The van der Waals surface area contributed by atoms with E-state index < -0.39 is 24.2 Å². The van der Waals surface area contributed by atoms with Crippen LogP contribution in [0.3, 0.4) is 0 Å². The van der Waals surface area contributed by atoms with Gasteiger partial charge >= 0.3 is 24.2 Å². The molecule has 4 nitrogen and oxygen atoms in total. The molecule has 0 aliphatic heterocycles. The Morgan fingerprint density at radius 1 is 0.714 bits per heavy atom. The second-order valence-corrected chi connectivity index (χ2v) is 1.90. The summed E-state index contributed by atoms with van der Waals surface area (Å²) < 4.78 is 68.1. The van der Waals surface area contributed by atoms with Gasteiger partial charge in [0, 0.05) is 0 Å². The first-order valence-electron chi connectivity index (χ1n) is 2.79. The van der Waals surface area contributed by atoms with E-state index in [4.69, 9.17) is 0 Å². The van der Waals surface area contributed by atoms with Gasteiger partial charge < -0.3 is 0 Å². The minimum Gasteiger partial charge on any atom is -0.263 e. The zero-order valence-corrected chi connectivity index (χ0v) is 6.08. The number of nitrogens with one attached hydrogen (secondary N) is 2. The van der Waals surface area contributed by atoms with E-state index in [1.54, 1.807) is 0 Å². The Kier molecular flexibility index (Phi) is 3.32. The average Bonchev–Trinajstić information content (AvgIpc) is 1.95. The van der Waals surface area contributed by atoms with Gasteiger partial charge in [-0.1, -0.05) is 0 Å². The number of hydrogen-bond donors (Lipinski definition) is 2. The number of amides is 2. The molecular weight excluding hydrogens is 222 g/mol. The van der Waals surface area contributed by atoms with Crippen molar-refractivity contribution in [2.75, 3.05) is 0 Å². The molecule has 2 N–H and O–H groups in total. The largest absolute Gasteiger partial charge is 0.472 e. The van der Waals surface area contributed by atoms with E-state index in [-0.39, 0.29) is 0 Å². The van der Waals surface area contributed by atoms with E-state index in [9.17, 15) is 35.9 Å². The Labute approximate surface area is 72.2 Å². The molecule has 0 rings (SSSR count). The molecule has 0 fully saturated rings. The molecule has 0 aromatic rings. The minimum absolute atomic E-state index is 0.545. The van der Waals surface area contributed by atoms with Gasteiger partial charge in [0.05, 0.1) is 0 Å². The fourth-order valence-corrected chi connectivity index (χ4v) is 0.255. The van der Waals surface area contributed by atoms with Crippen LogP contribution in [0.5, 0.6) is 0 Å². The molecule has 0 spiro atoms. The lowest BCUT2D eigenvalue weighted by Crippen LogP contribution is -2.51. The van der Waals surface area contributed by atoms with Gasteiger partial charge in [-0.05, 0) is 0 Å². The van der Waals surface area contributed by atoms with Gasteiger partial charge in [0.1, 0.15) is 0 Å². The monoisotopic (exact) mass is 224 g/mol. The number of alkyl halides is 6. The Hall–Kier alpha value is -1.48. The smallest absolute Gasteiger partial charge is 0.263 e. The zero-order valence-electron chi connectivity index (χ0n) is 6.08. The first kappa shape index (κ1) is 12.5. The summed E-state index contributed by atoms with van der Waals surface area (Å²) in [6, 6.07) is 0. The van der Waals surface area contributed by atoms with Gasteiger partial charge in [-0.3, -0.25) is 20.4 Å². The lowest BCUT2D eigenvalue weighted by atomic mass is 10.6. The molecule has 0 heterocycles. The molecule has 2 amide bonds. The number of rotatable bonds is 0. The Bertz CT molecular complexity index is 217. The van der Waals surface area contributed by atoms with Crippen molar-refractivity contribution in [1.29, 1.82) is 0 Å². The van der Waals surface area contributed by atoms with Crippen molar-refractivity contribution in [3.63, 3.8) is 0 Å². The molecule has 10 heteroatoms. The van der Waals surface area contributed by atoms with Crippen LogP contribution in [-0.4, -0.2) is 24.2 Å². The summed E-state index contributed by atoms with van der Waals surface area (Å²) in [5.41, 5.74) is 1.09. The molecule has 0 saturated carbocycles. The molecule has 0 radical (unpaired) electrons. The quantitative estimate of drug-likeness (QED) is 0.458. The van der Waals surface area contributed by atoms with E-state index in [1.807, 2.05) is 0 Å². The first-order valence-corrected chi connectivity index (χ1v) is 2.79. The molecular formula is C4H2F6N2O2. The summed E-state index contributed by atoms with van der Waals surface area (Å²) >= 11 is 0. The summed E-state index contributed by atoms with van der Waals surface area (Å²) in [5, 5.41) is 0. The van der Waals surface area contributed by atoms with Crippen LogP contribution in [0.2, 0.25) is 0 Å². The molecule has 0 saturated heterocycles. The van der Waals surface area contributed by atoms with Gasteiger partial charge in [0.2, 0.25) is 0 Å². The number of hydrogen-bond acceptors (Lipinski definition) is 2. The molecule has 82 valence electrons. The van der Waals surface area contributed by atoms with Crippen molar-refractivity contribution < 1.29 is 35.9 Å². The van der Waals surface area contributed by atoms with Crippen molar-refractivity contribution in [1.82, 2.24) is 10.9 Å². The maximum Gasteiger partial charge on any atom is 0.472 e. The zero-order chi connectivity index (χ0) is 11.6. The predicted molar refractivity (Wildman–Crippen MR) is 28.4 cm³/mol. The van der Waals surface area contributed by atoms with Gasteiger partial charge in [0.25, 0.3) is 0 Å². The van der Waals surface area contributed by atoms with Crippen LogP contribution < -0.4 is 10.9 Å². The van der Waals surface area contributed by atoms with Gasteiger partial charge in [-0.15, -0.1) is 0 Å². The summed E-state index contributed by atoms with van der Waals surface area (Å²) in [4.78, 5) is 19.8. The van der Waals surface area contributed by atoms with Gasteiger partial charge in [-0.25, -0.2) is 0 Å². The highest BCUT2D eigenvalue weighted by Crippen LogP contribution is 2.15. The maximum absolute atomic E-state index is 11.4. The molecule has 0 aromatic carbocycles. The van der Waals surface area contributed by atoms with Crippen LogP contribution in [-0.2, 0) is 9.59 Å². The highest BCUT2D eigenvalue weighted by Gasteiger charge is 2.42. The Morgan fingerprint density at radius 2 is 0.929 bits per heavy atom. The van der Waals surface area contributed by atoms with Crippen LogP contribution in [0.4, 0.5) is 26.3 Å². The lowest BCUT2D eigenvalue weighted by Gasteiger charge is -2.10. The third kappa shape index (κ3) is 3.96. The number of hydrazine groups is 1. The van der Waals surface area contributed by atoms with E-state index in [2.05, 4.69) is 0 Å². The molecule has 0 aliphatic carbocycles. The summed E-state index contributed by atoms with van der Waals surface area (Å²) in [6.07, 6.45) is -10.7. The summed E-state index contributed by atoms with van der Waals surface area (Å²) in [7, 11) is 0. The van der Waals surface area contributed by atoms with Gasteiger partial charge in [-0.2, -0.15) is 26.3 Å². The highest BCUT2D eigenvalue weighted by molar-refractivity contribution is 5.87. The topological polar surface area (TPSA) is 58.2 Å². The van der Waals surface area contributed by atoms with E-state index >= 15 is 0 Å². The van der Waals surface area contributed by atoms with Crippen LogP contribution in [0.1, 0.15) is 0 Å². The molecule has 0 atom stereocenters. The van der Waals surface area contributed by atoms with Gasteiger partial charge in [0.15, 0.2) is 0 Å². The fourth-order valence-electron chi connectivity index (χ4n) is 0.255. The second-order valence-electron chi connectivity index (χ2n) is 1.90. The molecule has 0 aromatic heterocycles. The third-order valence-corrected chi connectivity index (χ3v) is 0.804. The van der Waals surface area contributed by atoms with Crippen molar-refractivity contribution in [3.05, 3.63) is 0 Å². The number of carbonyl (C=O) groups excluding carboxylic acids is 2. The Morgan fingerprint density at radius 3 is 1.07 bits per heavy atom. The Balaban J connectivity index is 4.10. The third-order valence-electron chi connectivity index (χ3n) is 0.804. The normalized spacial score (nSPS) is 12.1. The minimum atomic E-state index is -5.36. The van der Waals surface area contributed by atoms with Crippen molar-refractivity contribution in [3.8, 4) is 0 Å². The molecule has 0 unspecified atom stereocenters. The SMILES string of the molecule is O=C(NNC(=O)C(F)(F)F)C(F)(F)F. The average molecular weight is 224 g/mol. The van der Waals surface area contributed by atoms with Crippen LogP contribution in [0.15, 0.2) is 0 Å². The van der Waals surface area contributed by atoms with E-state index in [1.165, 1.54) is 0 Å². The van der Waals surface area contributed by atoms with Crippen LogP contribution in [0, 0.1) is 0 Å².